The number of esters is 3. The van der Waals surface area contributed by atoms with Gasteiger partial charge in [0.15, 0.2) is 6.10 Å². The van der Waals surface area contributed by atoms with Gasteiger partial charge in [0.2, 0.25) is 0 Å². The van der Waals surface area contributed by atoms with E-state index in [2.05, 4.69) is 81.5 Å². The van der Waals surface area contributed by atoms with Gasteiger partial charge in [-0.2, -0.15) is 0 Å². The van der Waals surface area contributed by atoms with Crippen LogP contribution in [0.1, 0.15) is 342 Å². The minimum atomic E-state index is -0.770. The summed E-state index contributed by atoms with van der Waals surface area (Å²) in [7, 11) is 0. The van der Waals surface area contributed by atoms with E-state index in [1.807, 2.05) is 0 Å². The SMILES string of the molecule is CC/C=C\C/C=C\C/C=C\C/C=C\C/C=C\CCCCCCCCCCCCCCCC(=O)OCC(COC(=O)CCCCCCCCCCCC)OC(=O)CCCCCCCCCCCCCCCCCCCC. The molecule has 0 aliphatic rings. The number of allylic oxidation sites excluding steroid dienone is 10. The van der Waals surface area contributed by atoms with E-state index in [0.717, 1.165) is 89.9 Å². The first-order valence-corrected chi connectivity index (χ1v) is 32.8. The normalized spacial score (nSPS) is 12.4. The van der Waals surface area contributed by atoms with Crippen LogP contribution < -0.4 is 0 Å². The Morgan fingerprint density at radius 1 is 0.280 bits per heavy atom. The fraction of sp³-hybridized carbons (Fsp3) is 0.812. The van der Waals surface area contributed by atoms with Crippen molar-refractivity contribution < 1.29 is 28.6 Å². The van der Waals surface area contributed by atoms with Crippen molar-refractivity contribution in [3.05, 3.63) is 60.8 Å². The standard InChI is InChI=1S/C69H124O6/c1-4-7-10-13-16-19-22-24-26-28-30-31-32-33-34-35-36-37-38-39-40-42-43-45-47-50-53-56-59-62-68(71)74-65-66(64-73-67(70)61-58-55-52-49-21-18-15-12-9-6-3)75-69(72)63-60-57-54-51-48-46-44-41-29-27-25-23-20-17-14-11-8-5-2/h7,10,16,19,24,26,30-31,33-34,66H,4-6,8-9,11-15,17-18,20-23,25,27-29,32,35-65H2,1-3H3/b10-7-,19-16-,26-24-,31-30-,34-33-. The average molecular weight is 1050 g/mol. The van der Waals surface area contributed by atoms with Crippen molar-refractivity contribution in [2.45, 2.75) is 348 Å². The number of unbranched alkanes of at least 4 members (excludes halogenated alkanes) is 39. The molecule has 0 spiro atoms. The van der Waals surface area contributed by atoms with Crippen molar-refractivity contribution in [3.63, 3.8) is 0 Å². The van der Waals surface area contributed by atoms with Crippen LogP contribution in [0, 0.1) is 0 Å². The average Bonchev–Trinajstić information content (AvgIpc) is 3.41. The number of carbonyl (C=O) groups excluding carboxylic acids is 3. The van der Waals surface area contributed by atoms with Gasteiger partial charge < -0.3 is 14.2 Å². The van der Waals surface area contributed by atoms with E-state index >= 15 is 0 Å². The topological polar surface area (TPSA) is 78.9 Å². The van der Waals surface area contributed by atoms with Crippen LogP contribution in [0.4, 0.5) is 0 Å². The van der Waals surface area contributed by atoms with Gasteiger partial charge >= 0.3 is 17.9 Å². The second-order valence-corrected chi connectivity index (χ2v) is 22.0. The van der Waals surface area contributed by atoms with Crippen LogP contribution in [0.3, 0.4) is 0 Å². The van der Waals surface area contributed by atoms with Crippen molar-refractivity contribution in [3.8, 4) is 0 Å². The van der Waals surface area contributed by atoms with Gasteiger partial charge in [0.1, 0.15) is 13.2 Å². The third-order valence-corrected chi connectivity index (χ3v) is 14.5. The zero-order valence-electron chi connectivity index (χ0n) is 50.1. The van der Waals surface area contributed by atoms with Gasteiger partial charge in [0.25, 0.3) is 0 Å². The second-order valence-electron chi connectivity index (χ2n) is 22.0. The van der Waals surface area contributed by atoms with Gasteiger partial charge in [0.05, 0.1) is 0 Å². The first-order chi connectivity index (χ1) is 37.0. The molecule has 0 bridgehead atoms. The van der Waals surface area contributed by atoms with Crippen LogP contribution >= 0.6 is 0 Å². The molecule has 0 rings (SSSR count). The summed E-state index contributed by atoms with van der Waals surface area (Å²) in [6.07, 6.45) is 81.0. The van der Waals surface area contributed by atoms with Crippen molar-refractivity contribution in [2.75, 3.05) is 13.2 Å². The van der Waals surface area contributed by atoms with E-state index < -0.39 is 6.10 Å². The lowest BCUT2D eigenvalue weighted by atomic mass is 10.0. The predicted molar refractivity (Wildman–Crippen MR) is 325 cm³/mol. The van der Waals surface area contributed by atoms with Crippen LogP contribution in [-0.2, 0) is 28.6 Å². The molecule has 6 nitrogen and oxygen atoms in total. The molecular formula is C69H124O6. The molecule has 0 radical (unpaired) electrons. The molecular weight excluding hydrogens is 925 g/mol. The molecule has 0 aliphatic carbocycles. The smallest absolute Gasteiger partial charge is 0.306 e. The lowest BCUT2D eigenvalue weighted by Crippen LogP contribution is -2.30. The van der Waals surface area contributed by atoms with E-state index in [1.54, 1.807) is 0 Å². The summed E-state index contributed by atoms with van der Waals surface area (Å²) >= 11 is 0. The van der Waals surface area contributed by atoms with Gasteiger partial charge in [-0.05, 0) is 64.2 Å². The highest BCUT2D eigenvalue weighted by atomic mass is 16.6. The highest BCUT2D eigenvalue weighted by Gasteiger charge is 2.19. The zero-order valence-corrected chi connectivity index (χ0v) is 50.1. The van der Waals surface area contributed by atoms with Gasteiger partial charge in [-0.1, -0.05) is 319 Å². The Labute approximate surface area is 466 Å². The minimum absolute atomic E-state index is 0.0683. The molecule has 1 unspecified atom stereocenters. The Balaban J connectivity index is 4.16. The Kier molecular flexibility index (Phi) is 61.2. The maximum Gasteiger partial charge on any atom is 0.306 e. The quantitative estimate of drug-likeness (QED) is 0.0261. The lowest BCUT2D eigenvalue weighted by Gasteiger charge is -2.18. The van der Waals surface area contributed by atoms with E-state index in [-0.39, 0.29) is 31.1 Å². The monoisotopic (exact) mass is 1050 g/mol. The lowest BCUT2D eigenvalue weighted by molar-refractivity contribution is -0.167. The highest BCUT2D eigenvalue weighted by Crippen LogP contribution is 2.18. The Bertz CT molecular complexity index is 1340. The predicted octanol–water partition coefficient (Wildman–Crippen LogP) is 22.3. The molecule has 1 atom stereocenters. The summed E-state index contributed by atoms with van der Waals surface area (Å²) in [5.74, 6) is -0.850. The minimum Gasteiger partial charge on any atom is -0.462 e. The maximum atomic E-state index is 12.9. The first-order valence-electron chi connectivity index (χ1n) is 32.8. The molecule has 0 saturated carbocycles. The molecule has 6 heteroatoms. The summed E-state index contributed by atoms with van der Waals surface area (Å²) in [4.78, 5) is 38.2. The fourth-order valence-corrected chi connectivity index (χ4v) is 9.65. The molecule has 0 saturated heterocycles. The molecule has 0 aromatic carbocycles. The summed E-state index contributed by atoms with van der Waals surface area (Å²) in [5, 5.41) is 0. The summed E-state index contributed by atoms with van der Waals surface area (Å²) in [5.41, 5.74) is 0. The third-order valence-electron chi connectivity index (χ3n) is 14.5. The molecule has 75 heavy (non-hydrogen) atoms. The van der Waals surface area contributed by atoms with Crippen LogP contribution in [0.15, 0.2) is 60.8 Å². The van der Waals surface area contributed by atoms with Crippen LogP contribution in [-0.4, -0.2) is 37.2 Å². The van der Waals surface area contributed by atoms with E-state index in [4.69, 9.17) is 14.2 Å². The van der Waals surface area contributed by atoms with Crippen molar-refractivity contribution in [1.82, 2.24) is 0 Å². The number of rotatable bonds is 60. The van der Waals surface area contributed by atoms with Gasteiger partial charge in [0, 0.05) is 19.3 Å². The first kappa shape index (κ1) is 72.1. The molecule has 0 amide bonds. The highest BCUT2D eigenvalue weighted by molar-refractivity contribution is 5.71. The molecule has 0 heterocycles. The zero-order chi connectivity index (χ0) is 54.3. The fourth-order valence-electron chi connectivity index (χ4n) is 9.65. The molecule has 0 N–H and O–H groups in total. The molecule has 0 aromatic heterocycles. The Hall–Kier alpha value is -2.89. The van der Waals surface area contributed by atoms with Crippen LogP contribution in [0.5, 0.6) is 0 Å². The number of hydrogen-bond acceptors (Lipinski definition) is 6. The molecule has 0 aromatic rings. The molecule has 0 fully saturated rings. The van der Waals surface area contributed by atoms with Gasteiger partial charge in [-0.25, -0.2) is 0 Å². The van der Waals surface area contributed by atoms with E-state index in [9.17, 15) is 14.4 Å². The van der Waals surface area contributed by atoms with Crippen molar-refractivity contribution in [1.29, 1.82) is 0 Å². The van der Waals surface area contributed by atoms with Crippen LogP contribution in [0.2, 0.25) is 0 Å². The van der Waals surface area contributed by atoms with Crippen molar-refractivity contribution in [2.24, 2.45) is 0 Å². The van der Waals surface area contributed by atoms with Gasteiger partial charge in [-0.15, -0.1) is 0 Å². The summed E-state index contributed by atoms with van der Waals surface area (Å²) in [6, 6.07) is 0. The number of ether oxygens (including phenoxy) is 3. The Morgan fingerprint density at radius 3 is 0.813 bits per heavy atom. The summed E-state index contributed by atoms with van der Waals surface area (Å²) in [6.45, 7) is 6.57. The summed E-state index contributed by atoms with van der Waals surface area (Å²) < 4.78 is 16.9. The Morgan fingerprint density at radius 2 is 0.520 bits per heavy atom. The largest absolute Gasteiger partial charge is 0.462 e. The second kappa shape index (κ2) is 63.6. The maximum absolute atomic E-state index is 12.9. The van der Waals surface area contributed by atoms with Crippen molar-refractivity contribution >= 4 is 17.9 Å². The van der Waals surface area contributed by atoms with E-state index in [0.29, 0.717) is 19.3 Å². The number of carbonyl (C=O) groups is 3. The van der Waals surface area contributed by atoms with Gasteiger partial charge in [-0.3, -0.25) is 14.4 Å². The van der Waals surface area contributed by atoms with Crippen LogP contribution in [0.25, 0.3) is 0 Å². The van der Waals surface area contributed by atoms with E-state index in [1.165, 1.54) is 212 Å². The third kappa shape index (κ3) is 61.8. The molecule has 436 valence electrons. The molecule has 0 aliphatic heterocycles. The number of hydrogen-bond donors (Lipinski definition) is 0.